The molecule has 1 fully saturated rings. The molecule has 4 rings (SSSR count). The van der Waals surface area contributed by atoms with Gasteiger partial charge in [0.05, 0.1) is 13.2 Å². The van der Waals surface area contributed by atoms with Gasteiger partial charge in [-0.25, -0.2) is 4.98 Å². The molecule has 2 heterocycles. The van der Waals surface area contributed by atoms with Crippen LogP contribution in [0.1, 0.15) is 54.4 Å². The maximum Gasteiger partial charge on any atom is 0.223 e. The van der Waals surface area contributed by atoms with Crippen LogP contribution in [0.2, 0.25) is 0 Å². The van der Waals surface area contributed by atoms with Gasteiger partial charge in [-0.3, -0.25) is 4.79 Å². The molecule has 0 saturated carbocycles. The first-order chi connectivity index (χ1) is 15.2. The van der Waals surface area contributed by atoms with Crippen LogP contribution in [0.15, 0.2) is 60.8 Å². The molecule has 0 aliphatic carbocycles. The van der Waals surface area contributed by atoms with Crippen LogP contribution in [-0.2, 0) is 17.8 Å². The van der Waals surface area contributed by atoms with Gasteiger partial charge in [-0.1, -0.05) is 42.5 Å². The summed E-state index contributed by atoms with van der Waals surface area (Å²) in [5.74, 6) is 2.10. The van der Waals surface area contributed by atoms with E-state index in [0.29, 0.717) is 6.42 Å². The van der Waals surface area contributed by atoms with Crippen molar-refractivity contribution in [2.45, 2.75) is 51.6 Å². The molecular formula is C26H31N3O2. The molecule has 0 N–H and O–H groups in total. The number of carbonyl (C=O) groups excluding carboxylic acids is 1. The number of carbonyl (C=O) groups is 1. The van der Waals surface area contributed by atoms with Crippen LogP contribution >= 0.6 is 0 Å². The summed E-state index contributed by atoms with van der Waals surface area (Å²) in [7, 11) is 1.68. The van der Waals surface area contributed by atoms with Gasteiger partial charge in [-0.2, -0.15) is 0 Å². The summed E-state index contributed by atoms with van der Waals surface area (Å²) in [6.07, 6.45) is 6.34. The molecule has 31 heavy (non-hydrogen) atoms. The van der Waals surface area contributed by atoms with E-state index in [-0.39, 0.29) is 11.9 Å². The number of nitrogens with zero attached hydrogens (tertiary/aromatic N) is 3. The Bertz CT molecular complexity index is 995. The standard InChI is InChI=1S/C26H31N3O2/c1-20-18-27-26(29(20)19-22-13-15-23(31-2)16-14-22)24-11-7-17-28(24)25(30)12-6-10-21-8-4-3-5-9-21/h3-5,8-9,13-16,18,24H,6-7,10-12,17,19H2,1-2H3. The normalized spacial score (nSPS) is 15.9. The Morgan fingerprint density at radius 1 is 1.10 bits per heavy atom. The molecule has 0 bridgehead atoms. The van der Waals surface area contributed by atoms with Crippen LogP contribution in [0.5, 0.6) is 5.75 Å². The van der Waals surface area contributed by atoms with Crippen LogP contribution in [0.4, 0.5) is 0 Å². The van der Waals surface area contributed by atoms with Gasteiger partial charge < -0.3 is 14.2 Å². The molecule has 1 atom stereocenters. The van der Waals surface area contributed by atoms with Crippen molar-refractivity contribution in [3.63, 3.8) is 0 Å². The Balaban J connectivity index is 1.43. The van der Waals surface area contributed by atoms with Crippen LogP contribution < -0.4 is 4.74 Å². The van der Waals surface area contributed by atoms with Crippen LogP contribution in [-0.4, -0.2) is 34.0 Å². The second kappa shape index (κ2) is 9.82. The molecule has 162 valence electrons. The van der Waals surface area contributed by atoms with E-state index in [2.05, 4.69) is 52.8 Å². The molecule has 5 nitrogen and oxygen atoms in total. The topological polar surface area (TPSA) is 47.4 Å². The number of ether oxygens (including phenoxy) is 1. The number of imidazole rings is 1. The zero-order chi connectivity index (χ0) is 21.6. The van der Waals surface area contributed by atoms with E-state index in [1.807, 2.05) is 24.4 Å². The maximum atomic E-state index is 13.0. The third kappa shape index (κ3) is 4.98. The molecule has 1 unspecified atom stereocenters. The SMILES string of the molecule is COc1ccc(Cn2c(C)cnc2C2CCCN2C(=O)CCCc2ccccc2)cc1. The molecule has 2 aromatic carbocycles. The van der Waals surface area contributed by atoms with E-state index < -0.39 is 0 Å². The second-order valence-electron chi connectivity index (χ2n) is 8.28. The average Bonchev–Trinajstić information content (AvgIpc) is 3.42. The van der Waals surface area contributed by atoms with E-state index in [9.17, 15) is 4.79 Å². The highest BCUT2D eigenvalue weighted by molar-refractivity contribution is 5.77. The van der Waals surface area contributed by atoms with Gasteiger partial charge in [0.1, 0.15) is 11.6 Å². The van der Waals surface area contributed by atoms with E-state index >= 15 is 0 Å². The number of aryl methyl sites for hydroxylation is 2. The van der Waals surface area contributed by atoms with Crippen molar-refractivity contribution in [1.29, 1.82) is 0 Å². The van der Waals surface area contributed by atoms with Crippen molar-refractivity contribution in [3.8, 4) is 5.75 Å². The molecule has 0 spiro atoms. The second-order valence-corrected chi connectivity index (χ2v) is 8.28. The average molecular weight is 418 g/mol. The summed E-state index contributed by atoms with van der Waals surface area (Å²) in [6, 6.07) is 18.6. The molecule has 1 amide bonds. The van der Waals surface area contributed by atoms with Crippen molar-refractivity contribution >= 4 is 5.91 Å². The summed E-state index contributed by atoms with van der Waals surface area (Å²) < 4.78 is 7.52. The van der Waals surface area contributed by atoms with Gasteiger partial charge in [0, 0.05) is 31.4 Å². The van der Waals surface area contributed by atoms with Crippen LogP contribution in [0, 0.1) is 6.92 Å². The number of rotatable bonds is 8. The zero-order valence-electron chi connectivity index (χ0n) is 18.5. The monoisotopic (exact) mass is 417 g/mol. The molecule has 1 aliphatic rings. The van der Waals surface area contributed by atoms with E-state index in [1.54, 1.807) is 7.11 Å². The number of benzene rings is 2. The molecule has 3 aromatic rings. The van der Waals surface area contributed by atoms with Gasteiger partial charge in [-0.05, 0) is 55.9 Å². The van der Waals surface area contributed by atoms with E-state index in [0.717, 1.165) is 56.0 Å². The van der Waals surface area contributed by atoms with Crippen molar-refractivity contribution in [2.24, 2.45) is 0 Å². The van der Waals surface area contributed by atoms with Gasteiger partial charge in [0.25, 0.3) is 0 Å². The van der Waals surface area contributed by atoms with Crippen LogP contribution in [0.25, 0.3) is 0 Å². The number of methoxy groups -OCH3 is 1. The lowest BCUT2D eigenvalue weighted by atomic mass is 10.1. The molecular weight excluding hydrogens is 386 g/mol. The van der Waals surface area contributed by atoms with Gasteiger partial charge in [0.2, 0.25) is 5.91 Å². The number of aromatic nitrogens is 2. The van der Waals surface area contributed by atoms with Crippen molar-refractivity contribution in [1.82, 2.24) is 14.5 Å². The largest absolute Gasteiger partial charge is 0.497 e. The summed E-state index contributed by atoms with van der Waals surface area (Å²) >= 11 is 0. The fourth-order valence-corrected chi connectivity index (χ4v) is 4.43. The lowest BCUT2D eigenvalue weighted by Gasteiger charge is -2.25. The fraction of sp³-hybridized carbons (Fsp3) is 0.385. The predicted molar refractivity (Wildman–Crippen MR) is 122 cm³/mol. The highest BCUT2D eigenvalue weighted by Crippen LogP contribution is 2.33. The van der Waals surface area contributed by atoms with E-state index in [4.69, 9.17) is 9.72 Å². The lowest BCUT2D eigenvalue weighted by molar-refractivity contribution is -0.132. The molecule has 1 aromatic heterocycles. The third-order valence-corrected chi connectivity index (χ3v) is 6.16. The van der Waals surface area contributed by atoms with Gasteiger partial charge in [0.15, 0.2) is 0 Å². The minimum absolute atomic E-state index is 0.0659. The number of hydrogen-bond acceptors (Lipinski definition) is 3. The highest BCUT2D eigenvalue weighted by atomic mass is 16.5. The fourth-order valence-electron chi connectivity index (χ4n) is 4.43. The number of hydrogen-bond donors (Lipinski definition) is 0. The van der Waals surface area contributed by atoms with Gasteiger partial charge in [-0.15, -0.1) is 0 Å². The minimum Gasteiger partial charge on any atom is -0.497 e. The summed E-state index contributed by atoms with van der Waals surface area (Å²) in [5, 5.41) is 0. The van der Waals surface area contributed by atoms with Crippen LogP contribution in [0.3, 0.4) is 0 Å². The minimum atomic E-state index is 0.0659. The highest BCUT2D eigenvalue weighted by Gasteiger charge is 2.32. The molecule has 5 heteroatoms. The Labute approximate surface area is 184 Å². The summed E-state index contributed by atoms with van der Waals surface area (Å²) in [4.78, 5) is 19.8. The maximum absolute atomic E-state index is 13.0. The quantitative estimate of drug-likeness (QED) is 0.522. The van der Waals surface area contributed by atoms with Crippen molar-refractivity contribution in [2.75, 3.05) is 13.7 Å². The first-order valence-electron chi connectivity index (χ1n) is 11.1. The smallest absolute Gasteiger partial charge is 0.223 e. The lowest BCUT2D eigenvalue weighted by Crippen LogP contribution is -2.32. The molecule has 0 radical (unpaired) electrons. The van der Waals surface area contributed by atoms with Crippen molar-refractivity contribution < 1.29 is 9.53 Å². The van der Waals surface area contributed by atoms with Crippen molar-refractivity contribution in [3.05, 3.63) is 83.4 Å². The summed E-state index contributed by atoms with van der Waals surface area (Å²) in [6.45, 7) is 3.65. The Kier molecular flexibility index (Phi) is 6.70. The first kappa shape index (κ1) is 21.2. The van der Waals surface area contributed by atoms with E-state index in [1.165, 1.54) is 11.1 Å². The summed E-state index contributed by atoms with van der Waals surface area (Å²) in [5.41, 5.74) is 3.61. The molecule has 1 saturated heterocycles. The first-order valence-corrected chi connectivity index (χ1v) is 11.1. The Morgan fingerprint density at radius 3 is 2.61 bits per heavy atom. The van der Waals surface area contributed by atoms with Gasteiger partial charge >= 0.3 is 0 Å². The number of likely N-dealkylation sites (tertiary alicyclic amines) is 1. The Hall–Kier alpha value is -3.08. The third-order valence-electron chi connectivity index (χ3n) is 6.16. The number of amides is 1. The Morgan fingerprint density at radius 2 is 1.87 bits per heavy atom. The zero-order valence-corrected chi connectivity index (χ0v) is 18.5. The molecule has 1 aliphatic heterocycles. The predicted octanol–water partition coefficient (Wildman–Crippen LogP) is 4.93.